The Kier molecular flexibility index (Phi) is 5.42. The third-order valence-corrected chi connectivity index (χ3v) is 4.61. The van der Waals surface area contributed by atoms with Crippen molar-refractivity contribution in [2.24, 2.45) is 0 Å². The molecule has 1 amide bonds. The largest absolute Gasteiger partial charge is 0.484 e. The molecule has 1 aliphatic heterocycles. The second-order valence-electron chi connectivity index (χ2n) is 6.74. The first-order valence-corrected chi connectivity index (χ1v) is 9.30. The molecule has 0 spiro atoms. The lowest BCUT2D eigenvalue weighted by molar-refractivity contribution is 0.0963. The molecule has 0 saturated carbocycles. The summed E-state index contributed by atoms with van der Waals surface area (Å²) in [5.74, 6) is -0.442. The van der Waals surface area contributed by atoms with Crippen molar-refractivity contribution < 1.29 is 18.3 Å². The van der Waals surface area contributed by atoms with Crippen LogP contribution < -0.4 is 20.3 Å². The third kappa shape index (κ3) is 4.29. The Morgan fingerprint density at radius 3 is 2.77 bits per heavy atom. The second kappa shape index (κ2) is 8.32. The summed E-state index contributed by atoms with van der Waals surface area (Å²) in [6.07, 6.45) is 1.40. The van der Waals surface area contributed by atoms with Gasteiger partial charge in [0.05, 0.1) is 13.1 Å². The lowest BCUT2D eigenvalue weighted by Crippen LogP contribution is -2.54. The highest BCUT2D eigenvalue weighted by Crippen LogP contribution is 2.26. The highest BCUT2D eigenvalue weighted by molar-refractivity contribution is 5.95. The van der Waals surface area contributed by atoms with Gasteiger partial charge in [-0.2, -0.15) is 4.98 Å². The molecule has 1 aliphatic rings. The lowest BCUT2D eigenvalue weighted by atomic mass is 10.1. The molecule has 2 heterocycles. The summed E-state index contributed by atoms with van der Waals surface area (Å²) in [6.45, 7) is 1.03. The van der Waals surface area contributed by atoms with Crippen LogP contribution in [0.1, 0.15) is 10.4 Å². The van der Waals surface area contributed by atoms with Crippen molar-refractivity contribution in [3.05, 3.63) is 71.9 Å². The van der Waals surface area contributed by atoms with Crippen LogP contribution in [0.2, 0.25) is 0 Å². The molecule has 0 bridgehead atoms. The predicted molar refractivity (Wildman–Crippen MR) is 108 cm³/mol. The van der Waals surface area contributed by atoms with E-state index in [2.05, 4.69) is 20.6 Å². The van der Waals surface area contributed by atoms with Crippen molar-refractivity contribution in [2.75, 3.05) is 30.4 Å². The number of hydrogen-bond donors (Lipinski definition) is 2. The van der Waals surface area contributed by atoms with E-state index in [1.165, 1.54) is 6.07 Å². The van der Waals surface area contributed by atoms with E-state index < -0.39 is 11.6 Å². The maximum atomic E-state index is 13.7. The van der Waals surface area contributed by atoms with Crippen molar-refractivity contribution in [1.29, 1.82) is 0 Å². The standard InChI is InChI=1S/C21H19F2N5O2/c1-24-20(29)13-3-2-4-15(9-13)26-21-25-8-7-19(27-21)28-11-16(12-28)30-18-6-5-14(22)10-17(18)23/h2-10,16H,11-12H2,1H3,(H,24,29)(H,25,26,27). The van der Waals surface area contributed by atoms with Crippen molar-refractivity contribution in [2.45, 2.75) is 6.10 Å². The van der Waals surface area contributed by atoms with Crippen LogP contribution in [-0.4, -0.2) is 42.1 Å². The van der Waals surface area contributed by atoms with E-state index >= 15 is 0 Å². The first-order chi connectivity index (χ1) is 14.5. The van der Waals surface area contributed by atoms with Gasteiger partial charge in [0.2, 0.25) is 5.95 Å². The fourth-order valence-electron chi connectivity index (χ4n) is 3.05. The maximum absolute atomic E-state index is 13.7. The Balaban J connectivity index is 1.38. The number of aromatic nitrogens is 2. The SMILES string of the molecule is CNC(=O)c1cccc(Nc2nccc(N3CC(Oc4ccc(F)cc4F)C3)n2)c1. The van der Waals surface area contributed by atoms with Crippen molar-refractivity contribution >= 4 is 23.4 Å². The Morgan fingerprint density at radius 1 is 1.17 bits per heavy atom. The average molecular weight is 411 g/mol. The number of benzene rings is 2. The third-order valence-electron chi connectivity index (χ3n) is 4.61. The second-order valence-corrected chi connectivity index (χ2v) is 6.74. The molecule has 0 radical (unpaired) electrons. The van der Waals surface area contributed by atoms with Gasteiger partial charge in [-0.05, 0) is 36.4 Å². The van der Waals surface area contributed by atoms with Crippen LogP contribution in [0.15, 0.2) is 54.7 Å². The van der Waals surface area contributed by atoms with Gasteiger partial charge in [-0.1, -0.05) is 6.07 Å². The van der Waals surface area contributed by atoms with Crippen LogP contribution in [0.25, 0.3) is 0 Å². The molecule has 9 heteroatoms. The van der Waals surface area contributed by atoms with E-state index in [-0.39, 0.29) is 17.8 Å². The van der Waals surface area contributed by atoms with Gasteiger partial charge < -0.3 is 20.3 Å². The first kappa shape index (κ1) is 19.6. The number of nitrogens with one attached hydrogen (secondary N) is 2. The number of rotatable bonds is 6. The van der Waals surface area contributed by atoms with Gasteiger partial charge in [0, 0.05) is 30.6 Å². The summed E-state index contributed by atoms with van der Waals surface area (Å²) in [4.78, 5) is 22.4. The zero-order valence-electron chi connectivity index (χ0n) is 16.1. The van der Waals surface area contributed by atoms with E-state index in [1.807, 2.05) is 11.0 Å². The van der Waals surface area contributed by atoms with E-state index in [0.29, 0.717) is 36.1 Å². The number of anilines is 3. The summed E-state index contributed by atoms with van der Waals surface area (Å²) in [5.41, 5.74) is 1.21. The summed E-state index contributed by atoms with van der Waals surface area (Å²) in [6, 6.07) is 12.0. The van der Waals surface area contributed by atoms with Gasteiger partial charge in [0.1, 0.15) is 17.7 Å². The average Bonchev–Trinajstić information content (AvgIpc) is 2.71. The minimum absolute atomic E-state index is 0.0297. The summed E-state index contributed by atoms with van der Waals surface area (Å²) >= 11 is 0. The molecular weight excluding hydrogens is 392 g/mol. The zero-order chi connectivity index (χ0) is 21.1. The summed E-state index contributed by atoms with van der Waals surface area (Å²) < 4.78 is 32.3. The minimum Gasteiger partial charge on any atom is -0.484 e. The van der Waals surface area contributed by atoms with Gasteiger partial charge >= 0.3 is 0 Å². The molecule has 30 heavy (non-hydrogen) atoms. The molecule has 2 N–H and O–H groups in total. The lowest BCUT2D eigenvalue weighted by Gasteiger charge is -2.39. The molecular formula is C21H19F2N5O2. The minimum atomic E-state index is -0.721. The summed E-state index contributed by atoms with van der Waals surface area (Å²) in [7, 11) is 1.57. The van der Waals surface area contributed by atoms with Gasteiger partial charge in [0.25, 0.3) is 5.91 Å². The molecule has 3 aromatic rings. The zero-order valence-corrected chi connectivity index (χ0v) is 16.1. The highest BCUT2D eigenvalue weighted by atomic mass is 19.1. The number of hydrogen-bond acceptors (Lipinski definition) is 6. The molecule has 0 unspecified atom stereocenters. The van der Waals surface area contributed by atoms with Crippen LogP contribution in [0.3, 0.4) is 0 Å². The smallest absolute Gasteiger partial charge is 0.251 e. The predicted octanol–water partition coefficient (Wildman–Crippen LogP) is 3.13. The number of amides is 1. The fraction of sp³-hybridized carbons (Fsp3) is 0.190. The van der Waals surface area contributed by atoms with Crippen LogP contribution in [0, 0.1) is 11.6 Å². The molecule has 4 rings (SSSR count). The van der Waals surface area contributed by atoms with Gasteiger partial charge in [-0.25, -0.2) is 13.8 Å². The Labute approximate surface area is 171 Å². The topological polar surface area (TPSA) is 79.4 Å². The Hall–Kier alpha value is -3.75. The fourth-order valence-corrected chi connectivity index (χ4v) is 3.05. The molecule has 0 aliphatic carbocycles. The molecule has 0 atom stereocenters. The van der Waals surface area contributed by atoms with Crippen LogP contribution >= 0.6 is 0 Å². The van der Waals surface area contributed by atoms with Crippen molar-refractivity contribution in [3.63, 3.8) is 0 Å². The normalized spacial score (nSPS) is 13.5. The van der Waals surface area contributed by atoms with Crippen molar-refractivity contribution in [3.8, 4) is 5.75 Å². The Morgan fingerprint density at radius 2 is 2.00 bits per heavy atom. The molecule has 154 valence electrons. The first-order valence-electron chi connectivity index (χ1n) is 9.30. The van der Waals surface area contributed by atoms with E-state index in [0.717, 1.165) is 12.1 Å². The number of carbonyl (C=O) groups is 1. The monoisotopic (exact) mass is 411 g/mol. The molecule has 1 saturated heterocycles. The van der Waals surface area contributed by atoms with Crippen LogP contribution in [0.4, 0.5) is 26.2 Å². The molecule has 2 aromatic carbocycles. The molecule has 1 aromatic heterocycles. The van der Waals surface area contributed by atoms with Crippen LogP contribution in [0.5, 0.6) is 5.75 Å². The highest BCUT2D eigenvalue weighted by Gasteiger charge is 2.30. The van der Waals surface area contributed by atoms with E-state index in [4.69, 9.17) is 4.74 Å². The van der Waals surface area contributed by atoms with Crippen molar-refractivity contribution in [1.82, 2.24) is 15.3 Å². The number of halogens is 2. The van der Waals surface area contributed by atoms with E-state index in [1.54, 1.807) is 37.5 Å². The quantitative estimate of drug-likeness (QED) is 0.649. The van der Waals surface area contributed by atoms with Gasteiger partial charge in [-0.15, -0.1) is 0 Å². The molecule has 1 fully saturated rings. The number of carbonyl (C=O) groups excluding carboxylic acids is 1. The number of nitrogens with zero attached hydrogens (tertiary/aromatic N) is 3. The van der Waals surface area contributed by atoms with Gasteiger partial charge in [-0.3, -0.25) is 4.79 Å². The summed E-state index contributed by atoms with van der Waals surface area (Å²) in [5, 5.41) is 5.67. The van der Waals surface area contributed by atoms with Crippen LogP contribution in [-0.2, 0) is 0 Å². The molecule has 7 nitrogen and oxygen atoms in total. The number of ether oxygens (including phenoxy) is 1. The maximum Gasteiger partial charge on any atom is 0.251 e. The van der Waals surface area contributed by atoms with Gasteiger partial charge in [0.15, 0.2) is 11.6 Å². The van der Waals surface area contributed by atoms with E-state index in [9.17, 15) is 13.6 Å². The Bertz CT molecular complexity index is 1070.